The Morgan fingerprint density at radius 1 is 1.04 bits per heavy atom. The van der Waals surface area contributed by atoms with Crippen molar-refractivity contribution in [3.8, 4) is 11.5 Å². The van der Waals surface area contributed by atoms with Gasteiger partial charge in [-0.25, -0.2) is 0 Å². The SMILES string of the molecule is O=C1CC2(CCN(C(=O)CCOc3ccccc3)CC2)Oc2ccccc21. The lowest BCUT2D eigenvalue weighted by molar-refractivity contribution is -0.135. The Morgan fingerprint density at radius 2 is 1.74 bits per heavy atom. The monoisotopic (exact) mass is 365 g/mol. The standard InChI is InChI=1S/C22H23NO4/c24-19-16-22(27-20-9-5-4-8-18(19)20)11-13-23(14-12-22)21(25)10-15-26-17-6-2-1-3-7-17/h1-9H,10-16H2. The third-order valence-corrected chi connectivity index (χ3v) is 5.35. The number of para-hydroxylation sites is 2. The first-order chi connectivity index (χ1) is 13.2. The maximum atomic E-state index is 12.5. The number of benzene rings is 2. The van der Waals surface area contributed by atoms with Gasteiger partial charge >= 0.3 is 0 Å². The van der Waals surface area contributed by atoms with E-state index in [2.05, 4.69) is 0 Å². The number of fused-ring (bicyclic) bond motifs is 1. The first-order valence-electron chi connectivity index (χ1n) is 9.42. The van der Waals surface area contributed by atoms with Gasteiger partial charge in [0.1, 0.15) is 17.1 Å². The van der Waals surface area contributed by atoms with Crippen LogP contribution in [-0.4, -0.2) is 41.9 Å². The van der Waals surface area contributed by atoms with Crippen LogP contribution in [0, 0.1) is 0 Å². The van der Waals surface area contributed by atoms with Crippen molar-refractivity contribution >= 4 is 11.7 Å². The molecule has 0 aliphatic carbocycles. The number of Topliss-reactive ketones (excluding diaryl/α,β-unsaturated/α-hetero) is 1. The molecule has 0 saturated carbocycles. The van der Waals surface area contributed by atoms with E-state index in [1.807, 2.05) is 59.5 Å². The quantitative estimate of drug-likeness (QED) is 0.832. The van der Waals surface area contributed by atoms with Crippen molar-refractivity contribution in [2.45, 2.75) is 31.3 Å². The largest absolute Gasteiger partial charge is 0.493 e. The van der Waals surface area contributed by atoms with Gasteiger partial charge in [0.05, 0.1) is 25.0 Å². The van der Waals surface area contributed by atoms with Crippen LogP contribution in [0.2, 0.25) is 0 Å². The highest BCUT2D eigenvalue weighted by atomic mass is 16.5. The van der Waals surface area contributed by atoms with Crippen molar-refractivity contribution in [3.05, 3.63) is 60.2 Å². The van der Waals surface area contributed by atoms with Crippen molar-refractivity contribution in [3.63, 3.8) is 0 Å². The Labute approximate surface area is 158 Å². The zero-order chi connectivity index (χ0) is 18.7. The average molecular weight is 365 g/mol. The van der Waals surface area contributed by atoms with Crippen LogP contribution in [-0.2, 0) is 4.79 Å². The molecule has 2 aliphatic rings. The van der Waals surface area contributed by atoms with Crippen LogP contribution < -0.4 is 9.47 Å². The van der Waals surface area contributed by atoms with Crippen LogP contribution in [0.25, 0.3) is 0 Å². The molecule has 0 aromatic heterocycles. The highest BCUT2D eigenvalue weighted by Crippen LogP contribution is 2.39. The fourth-order valence-corrected chi connectivity index (χ4v) is 3.82. The molecule has 1 amide bonds. The molecule has 2 aromatic rings. The molecule has 0 bridgehead atoms. The van der Waals surface area contributed by atoms with Crippen LogP contribution >= 0.6 is 0 Å². The molecule has 1 spiro atoms. The van der Waals surface area contributed by atoms with E-state index in [-0.39, 0.29) is 11.7 Å². The number of likely N-dealkylation sites (tertiary alicyclic amines) is 1. The third-order valence-electron chi connectivity index (χ3n) is 5.35. The zero-order valence-electron chi connectivity index (χ0n) is 15.2. The topological polar surface area (TPSA) is 55.8 Å². The Balaban J connectivity index is 1.30. The number of ketones is 1. The molecule has 1 saturated heterocycles. The van der Waals surface area contributed by atoms with Crippen molar-refractivity contribution in [2.75, 3.05) is 19.7 Å². The molecule has 5 heteroatoms. The van der Waals surface area contributed by atoms with Crippen LogP contribution in [0.4, 0.5) is 0 Å². The Hall–Kier alpha value is -2.82. The minimum absolute atomic E-state index is 0.0864. The highest BCUT2D eigenvalue weighted by molar-refractivity contribution is 6.00. The Morgan fingerprint density at radius 3 is 2.52 bits per heavy atom. The van der Waals surface area contributed by atoms with Gasteiger partial charge < -0.3 is 14.4 Å². The smallest absolute Gasteiger partial charge is 0.226 e. The Kier molecular flexibility index (Phi) is 4.84. The lowest BCUT2D eigenvalue weighted by Crippen LogP contribution is -2.52. The van der Waals surface area contributed by atoms with Crippen LogP contribution in [0.15, 0.2) is 54.6 Å². The van der Waals surface area contributed by atoms with Gasteiger partial charge in [-0.3, -0.25) is 9.59 Å². The minimum Gasteiger partial charge on any atom is -0.493 e. The van der Waals surface area contributed by atoms with Gasteiger partial charge in [0.25, 0.3) is 0 Å². The van der Waals surface area contributed by atoms with E-state index < -0.39 is 5.60 Å². The predicted molar refractivity (Wildman–Crippen MR) is 101 cm³/mol. The van der Waals surface area contributed by atoms with Gasteiger partial charge in [0, 0.05) is 25.9 Å². The molecule has 27 heavy (non-hydrogen) atoms. The summed E-state index contributed by atoms with van der Waals surface area (Å²) in [6.45, 7) is 1.59. The summed E-state index contributed by atoms with van der Waals surface area (Å²) in [5.74, 6) is 1.66. The van der Waals surface area contributed by atoms with Crippen molar-refractivity contribution in [1.82, 2.24) is 4.90 Å². The summed E-state index contributed by atoms with van der Waals surface area (Å²) in [6, 6.07) is 16.9. The number of carbonyl (C=O) groups excluding carboxylic acids is 2. The van der Waals surface area contributed by atoms with E-state index >= 15 is 0 Å². The van der Waals surface area contributed by atoms with E-state index in [9.17, 15) is 9.59 Å². The lowest BCUT2D eigenvalue weighted by Gasteiger charge is -2.44. The number of rotatable bonds is 4. The van der Waals surface area contributed by atoms with E-state index in [1.165, 1.54) is 0 Å². The zero-order valence-corrected chi connectivity index (χ0v) is 15.2. The molecular weight excluding hydrogens is 342 g/mol. The van der Waals surface area contributed by atoms with Gasteiger partial charge in [-0.15, -0.1) is 0 Å². The summed E-state index contributed by atoms with van der Waals surface area (Å²) in [5, 5.41) is 0. The van der Waals surface area contributed by atoms with Crippen LogP contribution in [0.1, 0.15) is 36.0 Å². The second-order valence-corrected chi connectivity index (χ2v) is 7.17. The molecule has 5 nitrogen and oxygen atoms in total. The van der Waals surface area contributed by atoms with Crippen LogP contribution in [0.3, 0.4) is 0 Å². The van der Waals surface area contributed by atoms with E-state index in [1.54, 1.807) is 0 Å². The molecule has 0 N–H and O–H groups in total. The highest BCUT2D eigenvalue weighted by Gasteiger charge is 2.43. The molecule has 2 aromatic carbocycles. The second-order valence-electron chi connectivity index (χ2n) is 7.17. The summed E-state index contributed by atoms with van der Waals surface area (Å²) in [4.78, 5) is 26.8. The summed E-state index contributed by atoms with van der Waals surface area (Å²) in [5.41, 5.74) is 0.197. The molecule has 140 valence electrons. The summed E-state index contributed by atoms with van der Waals surface area (Å²) in [6.07, 6.45) is 2.10. The number of amides is 1. The average Bonchev–Trinajstić information content (AvgIpc) is 2.69. The summed E-state index contributed by atoms with van der Waals surface area (Å²) in [7, 11) is 0. The number of nitrogens with zero attached hydrogens (tertiary/aromatic N) is 1. The van der Waals surface area contributed by atoms with Crippen molar-refractivity contribution in [2.24, 2.45) is 0 Å². The number of hydrogen-bond donors (Lipinski definition) is 0. The van der Waals surface area contributed by atoms with Gasteiger partial charge in [-0.1, -0.05) is 30.3 Å². The molecule has 1 fully saturated rings. The van der Waals surface area contributed by atoms with E-state index in [4.69, 9.17) is 9.47 Å². The molecule has 0 radical (unpaired) electrons. The van der Waals surface area contributed by atoms with Gasteiger partial charge in [0.15, 0.2) is 5.78 Å². The molecular formula is C22H23NO4. The fraction of sp³-hybridized carbons (Fsp3) is 0.364. The minimum atomic E-state index is -0.469. The molecule has 0 unspecified atom stereocenters. The predicted octanol–water partition coefficient (Wildman–Crippen LogP) is 3.48. The number of hydrogen-bond acceptors (Lipinski definition) is 4. The van der Waals surface area contributed by atoms with Gasteiger partial charge in [-0.05, 0) is 24.3 Å². The first kappa shape index (κ1) is 17.6. The maximum absolute atomic E-state index is 12.5. The second kappa shape index (κ2) is 7.43. The number of ether oxygens (including phenoxy) is 2. The van der Waals surface area contributed by atoms with E-state index in [0.29, 0.717) is 56.7 Å². The van der Waals surface area contributed by atoms with Crippen LogP contribution in [0.5, 0.6) is 11.5 Å². The molecule has 2 heterocycles. The van der Waals surface area contributed by atoms with E-state index in [0.717, 1.165) is 5.75 Å². The molecule has 4 rings (SSSR count). The number of carbonyl (C=O) groups is 2. The lowest BCUT2D eigenvalue weighted by atomic mass is 9.82. The summed E-state index contributed by atoms with van der Waals surface area (Å²) >= 11 is 0. The Bertz CT molecular complexity index is 825. The fourth-order valence-electron chi connectivity index (χ4n) is 3.82. The maximum Gasteiger partial charge on any atom is 0.226 e. The molecule has 0 atom stereocenters. The van der Waals surface area contributed by atoms with Crippen molar-refractivity contribution < 1.29 is 19.1 Å². The van der Waals surface area contributed by atoms with Crippen molar-refractivity contribution in [1.29, 1.82) is 0 Å². The third kappa shape index (κ3) is 3.82. The van der Waals surface area contributed by atoms with Gasteiger partial charge in [0.2, 0.25) is 5.91 Å². The normalized spacial score (nSPS) is 17.9. The summed E-state index contributed by atoms with van der Waals surface area (Å²) < 4.78 is 11.8. The first-order valence-corrected chi connectivity index (χ1v) is 9.42. The van der Waals surface area contributed by atoms with Gasteiger partial charge in [-0.2, -0.15) is 0 Å². The number of piperidine rings is 1. The molecule has 2 aliphatic heterocycles.